The molecule has 3 aromatic carbocycles. The monoisotopic (exact) mass is 521 g/mol. The highest BCUT2D eigenvalue weighted by Crippen LogP contribution is 2.42. The van der Waals surface area contributed by atoms with Gasteiger partial charge in [-0.2, -0.15) is 0 Å². The standard InChI is InChI=1S/C30H35NO7/c1-35-26-10-4-21(5-11-26)30(22-6-12-27(36-2)13-7-22,23-8-14-28(37-3)15-9-23)38-17-16-31-20-25(32)18-24(31)19-29(33)34/h4-15,24-25,32H,16-20H2,1-3H3,(H,33,34)/t24-,25+/m0/s1. The number of nitrogens with zero attached hydrogens (tertiary/aromatic N) is 1. The van der Waals surface area contributed by atoms with Crippen LogP contribution in [0.5, 0.6) is 17.2 Å². The zero-order valence-corrected chi connectivity index (χ0v) is 22.0. The number of aliphatic carboxylic acids is 1. The summed E-state index contributed by atoms with van der Waals surface area (Å²) >= 11 is 0. The van der Waals surface area contributed by atoms with Gasteiger partial charge in [-0.05, 0) is 59.5 Å². The number of carbonyl (C=O) groups is 1. The van der Waals surface area contributed by atoms with Crippen molar-refractivity contribution in [1.82, 2.24) is 4.90 Å². The molecule has 1 saturated heterocycles. The van der Waals surface area contributed by atoms with Crippen LogP contribution in [0.4, 0.5) is 0 Å². The van der Waals surface area contributed by atoms with Gasteiger partial charge in [-0.15, -0.1) is 0 Å². The fourth-order valence-electron chi connectivity index (χ4n) is 5.19. The summed E-state index contributed by atoms with van der Waals surface area (Å²) in [5.74, 6) is 1.32. The molecule has 0 saturated carbocycles. The molecule has 0 spiro atoms. The van der Waals surface area contributed by atoms with Crippen LogP contribution in [0.2, 0.25) is 0 Å². The molecule has 1 aliphatic heterocycles. The molecule has 0 aromatic heterocycles. The van der Waals surface area contributed by atoms with E-state index in [2.05, 4.69) is 0 Å². The van der Waals surface area contributed by atoms with Gasteiger partial charge in [0.1, 0.15) is 22.8 Å². The summed E-state index contributed by atoms with van der Waals surface area (Å²) in [4.78, 5) is 13.4. The van der Waals surface area contributed by atoms with E-state index in [1.54, 1.807) is 21.3 Å². The van der Waals surface area contributed by atoms with E-state index in [9.17, 15) is 15.0 Å². The predicted molar refractivity (Wildman–Crippen MR) is 143 cm³/mol. The fraction of sp³-hybridized carbons (Fsp3) is 0.367. The van der Waals surface area contributed by atoms with Crippen molar-refractivity contribution in [2.75, 3.05) is 41.0 Å². The number of carboxylic acids is 1. The summed E-state index contributed by atoms with van der Waals surface area (Å²) in [5, 5.41) is 19.5. The second-order valence-electron chi connectivity index (χ2n) is 9.35. The molecule has 0 unspecified atom stereocenters. The average Bonchev–Trinajstić information content (AvgIpc) is 3.29. The molecule has 1 heterocycles. The summed E-state index contributed by atoms with van der Waals surface area (Å²) in [6.45, 7) is 1.19. The number of ether oxygens (including phenoxy) is 4. The quantitative estimate of drug-likeness (QED) is 0.346. The van der Waals surface area contributed by atoms with Crippen molar-refractivity contribution >= 4 is 5.97 Å². The third kappa shape index (κ3) is 5.93. The Bertz CT molecular complexity index is 1060. The summed E-state index contributed by atoms with van der Waals surface area (Å²) in [5.41, 5.74) is 1.71. The first kappa shape index (κ1) is 27.4. The molecule has 0 radical (unpaired) electrons. The SMILES string of the molecule is COc1ccc(C(OCCN2C[C@H](O)C[C@H]2CC(=O)O)(c2ccc(OC)cc2)c2ccc(OC)cc2)cc1. The van der Waals surface area contributed by atoms with E-state index in [1.807, 2.05) is 77.7 Å². The lowest BCUT2D eigenvalue weighted by molar-refractivity contribution is -0.138. The minimum absolute atomic E-state index is 0.0162. The summed E-state index contributed by atoms with van der Waals surface area (Å²) in [6.07, 6.45) is -0.126. The van der Waals surface area contributed by atoms with Crippen LogP contribution in [-0.4, -0.2) is 74.3 Å². The van der Waals surface area contributed by atoms with Gasteiger partial charge in [0.2, 0.25) is 0 Å². The van der Waals surface area contributed by atoms with Crippen LogP contribution in [-0.2, 0) is 15.1 Å². The molecule has 1 aliphatic rings. The summed E-state index contributed by atoms with van der Waals surface area (Å²) < 4.78 is 23.1. The first-order valence-electron chi connectivity index (χ1n) is 12.6. The molecular formula is C30H35NO7. The summed E-state index contributed by atoms with van der Waals surface area (Å²) in [6, 6.07) is 23.1. The number of hydrogen-bond donors (Lipinski definition) is 2. The van der Waals surface area contributed by atoms with Gasteiger partial charge < -0.3 is 29.2 Å². The zero-order valence-electron chi connectivity index (χ0n) is 22.0. The van der Waals surface area contributed by atoms with Gasteiger partial charge in [0, 0.05) is 19.1 Å². The molecule has 202 valence electrons. The molecule has 2 atom stereocenters. The molecule has 4 rings (SSSR count). The van der Waals surface area contributed by atoms with Crippen LogP contribution in [0.3, 0.4) is 0 Å². The Kier molecular flexibility index (Phi) is 8.89. The summed E-state index contributed by atoms with van der Waals surface area (Å²) in [7, 11) is 4.89. The number of aliphatic hydroxyl groups excluding tert-OH is 1. The van der Waals surface area contributed by atoms with E-state index in [4.69, 9.17) is 18.9 Å². The normalized spacial score (nSPS) is 17.8. The lowest BCUT2D eigenvalue weighted by Gasteiger charge is -2.37. The third-order valence-corrected chi connectivity index (χ3v) is 7.10. The van der Waals surface area contributed by atoms with E-state index in [1.165, 1.54) is 0 Å². The number of methoxy groups -OCH3 is 3. The van der Waals surface area contributed by atoms with E-state index in [0.29, 0.717) is 26.1 Å². The maximum Gasteiger partial charge on any atom is 0.304 e. The van der Waals surface area contributed by atoms with E-state index < -0.39 is 17.7 Å². The average molecular weight is 522 g/mol. The highest BCUT2D eigenvalue weighted by atomic mass is 16.5. The highest BCUT2D eigenvalue weighted by Gasteiger charge is 2.39. The second kappa shape index (κ2) is 12.3. The van der Waals surface area contributed by atoms with E-state index in [-0.39, 0.29) is 12.5 Å². The molecule has 0 bridgehead atoms. The number of likely N-dealkylation sites (tertiary alicyclic amines) is 1. The number of hydrogen-bond acceptors (Lipinski definition) is 7. The van der Waals surface area contributed by atoms with Crippen LogP contribution < -0.4 is 14.2 Å². The van der Waals surface area contributed by atoms with Gasteiger partial charge in [0.15, 0.2) is 0 Å². The van der Waals surface area contributed by atoms with Crippen molar-refractivity contribution in [2.45, 2.75) is 30.6 Å². The van der Waals surface area contributed by atoms with Crippen molar-refractivity contribution < 1.29 is 34.0 Å². The van der Waals surface area contributed by atoms with Crippen LogP contribution >= 0.6 is 0 Å². The first-order chi connectivity index (χ1) is 18.4. The number of rotatable bonds is 12. The Morgan fingerprint density at radius 1 is 0.816 bits per heavy atom. The van der Waals surface area contributed by atoms with Gasteiger partial charge in [-0.3, -0.25) is 9.69 Å². The third-order valence-electron chi connectivity index (χ3n) is 7.10. The molecule has 2 N–H and O–H groups in total. The zero-order chi connectivity index (χ0) is 27.1. The number of aliphatic hydroxyl groups is 1. The van der Waals surface area contributed by atoms with Crippen molar-refractivity contribution in [3.63, 3.8) is 0 Å². The van der Waals surface area contributed by atoms with Gasteiger partial charge in [-0.25, -0.2) is 0 Å². The van der Waals surface area contributed by atoms with Crippen molar-refractivity contribution in [1.29, 1.82) is 0 Å². The lowest BCUT2D eigenvalue weighted by atomic mass is 9.80. The largest absolute Gasteiger partial charge is 0.497 e. The molecule has 8 heteroatoms. The molecule has 0 aliphatic carbocycles. The minimum Gasteiger partial charge on any atom is -0.497 e. The van der Waals surface area contributed by atoms with E-state index in [0.717, 1.165) is 33.9 Å². The minimum atomic E-state index is -0.995. The van der Waals surface area contributed by atoms with Crippen molar-refractivity contribution in [2.24, 2.45) is 0 Å². The maximum atomic E-state index is 11.4. The molecule has 8 nitrogen and oxygen atoms in total. The lowest BCUT2D eigenvalue weighted by Crippen LogP contribution is -2.39. The van der Waals surface area contributed by atoms with Gasteiger partial charge >= 0.3 is 5.97 Å². The number of β-amino-alcohol motifs (C(OH)–C–C–N with tert-alkyl or cyclic N) is 1. The van der Waals surface area contributed by atoms with Crippen LogP contribution in [0, 0.1) is 0 Å². The van der Waals surface area contributed by atoms with Crippen LogP contribution in [0.15, 0.2) is 72.8 Å². The van der Waals surface area contributed by atoms with Gasteiger partial charge in [0.05, 0.1) is 40.5 Å². The smallest absolute Gasteiger partial charge is 0.304 e. The first-order valence-corrected chi connectivity index (χ1v) is 12.6. The van der Waals surface area contributed by atoms with Crippen molar-refractivity contribution in [3.05, 3.63) is 89.5 Å². The van der Waals surface area contributed by atoms with Crippen LogP contribution in [0.1, 0.15) is 29.5 Å². The fourth-order valence-corrected chi connectivity index (χ4v) is 5.19. The predicted octanol–water partition coefficient (Wildman–Crippen LogP) is 3.93. The Balaban J connectivity index is 1.75. The van der Waals surface area contributed by atoms with Gasteiger partial charge in [0.25, 0.3) is 0 Å². The molecule has 0 amide bonds. The molecule has 1 fully saturated rings. The molecule has 3 aromatic rings. The maximum absolute atomic E-state index is 11.4. The molecular weight excluding hydrogens is 486 g/mol. The number of carboxylic acid groups (broad SMARTS) is 1. The van der Waals surface area contributed by atoms with Crippen LogP contribution in [0.25, 0.3) is 0 Å². The topological polar surface area (TPSA) is 97.7 Å². The molecule has 38 heavy (non-hydrogen) atoms. The Labute approximate surface area is 223 Å². The Morgan fingerprint density at radius 2 is 1.24 bits per heavy atom. The van der Waals surface area contributed by atoms with Gasteiger partial charge in [-0.1, -0.05) is 36.4 Å². The second-order valence-corrected chi connectivity index (χ2v) is 9.35. The Hall–Kier alpha value is -3.59. The highest BCUT2D eigenvalue weighted by molar-refractivity contribution is 5.67. The van der Waals surface area contributed by atoms with E-state index >= 15 is 0 Å². The van der Waals surface area contributed by atoms with Crippen molar-refractivity contribution in [3.8, 4) is 17.2 Å². The Morgan fingerprint density at radius 3 is 1.61 bits per heavy atom. The number of benzene rings is 3.